The number of carbonyl (C=O) groups is 2. The van der Waals surface area contributed by atoms with Gasteiger partial charge in [-0.2, -0.15) is 0 Å². The molecule has 0 aromatic carbocycles. The molecular formula is C13H23ClN2O3S. The Labute approximate surface area is 130 Å². The second-order valence-corrected chi connectivity index (χ2v) is 7.83. The summed E-state index contributed by atoms with van der Waals surface area (Å²) in [5.41, 5.74) is -0.628. The van der Waals surface area contributed by atoms with Gasteiger partial charge in [-0.3, -0.25) is 9.69 Å². The lowest BCUT2D eigenvalue weighted by molar-refractivity contribution is -0.109. The Morgan fingerprint density at radius 1 is 1.35 bits per heavy atom. The van der Waals surface area contributed by atoms with Crippen molar-refractivity contribution in [2.75, 3.05) is 19.6 Å². The molecule has 116 valence electrons. The van der Waals surface area contributed by atoms with Crippen molar-refractivity contribution >= 4 is 35.4 Å². The van der Waals surface area contributed by atoms with Crippen LogP contribution < -0.4 is 5.32 Å². The molecule has 2 fully saturated rings. The Morgan fingerprint density at radius 3 is 2.35 bits per heavy atom. The molecule has 1 N–H and O–H groups in total. The third-order valence-corrected chi connectivity index (χ3v) is 4.40. The van der Waals surface area contributed by atoms with Gasteiger partial charge in [-0.05, 0) is 27.2 Å². The smallest absolute Gasteiger partial charge is 0.410 e. The molecule has 2 saturated heterocycles. The number of halogens is 1. The zero-order chi connectivity index (χ0) is 14.3. The maximum absolute atomic E-state index is 12.3. The van der Waals surface area contributed by atoms with Crippen LogP contribution in [0.3, 0.4) is 0 Å². The Bertz CT molecular complexity index is 394. The third kappa shape index (κ3) is 3.80. The minimum Gasteiger partial charge on any atom is -0.444 e. The SMILES string of the molecule is CC(=O)SC1CN(C(=O)OC(C)(C)C)C2(CNC2)C1.Cl. The molecule has 1 spiro atoms. The second-order valence-electron chi connectivity index (χ2n) is 6.35. The Balaban J connectivity index is 0.00000200. The van der Waals surface area contributed by atoms with Gasteiger partial charge in [-0.25, -0.2) is 4.79 Å². The largest absolute Gasteiger partial charge is 0.444 e. The number of likely N-dealkylation sites (tertiary alicyclic amines) is 1. The van der Waals surface area contributed by atoms with Gasteiger partial charge in [-0.1, -0.05) is 11.8 Å². The van der Waals surface area contributed by atoms with Crippen LogP contribution in [0.2, 0.25) is 0 Å². The predicted molar refractivity (Wildman–Crippen MR) is 82.5 cm³/mol. The Kier molecular flexibility index (Phi) is 5.38. The normalized spacial score (nSPS) is 24.0. The monoisotopic (exact) mass is 322 g/mol. The molecule has 1 unspecified atom stereocenters. The Hall–Kier alpha value is -0.460. The molecule has 1 amide bonds. The van der Waals surface area contributed by atoms with E-state index >= 15 is 0 Å². The van der Waals surface area contributed by atoms with Gasteiger partial charge in [0.1, 0.15) is 5.60 Å². The molecule has 2 rings (SSSR count). The van der Waals surface area contributed by atoms with Crippen LogP contribution in [0.4, 0.5) is 4.79 Å². The maximum Gasteiger partial charge on any atom is 0.410 e. The Morgan fingerprint density at radius 2 is 1.95 bits per heavy atom. The summed E-state index contributed by atoms with van der Waals surface area (Å²) in [5.74, 6) is 0. The highest BCUT2D eigenvalue weighted by atomic mass is 35.5. The fourth-order valence-electron chi connectivity index (χ4n) is 2.64. The number of thioether (sulfide) groups is 1. The molecule has 0 aromatic rings. The first-order valence-corrected chi connectivity index (χ1v) is 7.48. The molecular weight excluding hydrogens is 300 g/mol. The van der Waals surface area contributed by atoms with Gasteiger partial charge in [0.2, 0.25) is 0 Å². The fourth-order valence-corrected chi connectivity index (χ4v) is 3.73. The molecule has 0 aliphatic carbocycles. The van der Waals surface area contributed by atoms with Gasteiger partial charge in [0.05, 0.1) is 5.54 Å². The molecule has 5 nitrogen and oxygen atoms in total. The van der Waals surface area contributed by atoms with Crippen molar-refractivity contribution in [2.45, 2.75) is 50.5 Å². The van der Waals surface area contributed by atoms with E-state index in [0.29, 0.717) is 6.54 Å². The lowest BCUT2D eigenvalue weighted by Crippen LogP contribution is -2.67. The van der Waals surface area contributed by atoms with Crippen LogP contribution in [0.25, 0.3) is 0 Å². The maximum atomic E-state index is 12.3. The zero-order valence-corrected chi connectivity index (χ0v) is 14.0. The minimum absolute atomic E-state index is 0. The summed E-state index contributed by atoms with van der Waals surface area (Å²) in [6, 6.07) is 0. The molecule has 2 heterocycles. The van der Waals surface area contributed by atoms with Gasteiger partial charge in [0.25, 0.3) is 0 Å². The van der Waals surface area contributed by atoms with E-state index in [2.05, 4.69) is 5.32 Å². The average Bonchev–Trinajstić information content (AvgIpc) is 2.53. The number of amides is 1. The second kappa shape index (κ2) is 6.12. The van der Waals surface area contributed by atoms with Crippen molar-refractivity contribution in [1.82, 2.24) is 10.2 Å². The van der Waals surface area contributed by atoms with E-state index in [1.54, 1.807) is 6.92 Å². The van der Waals surface area contributed by atoms with Gasteiger partial charge < -0.3 is 10.1 Å². The fraction of sp³-hybridized carbons (Fsp3) is 0.846. The lowest BCUT2D eigenvalue weighted by atomic mass is 9.89. The molecule has 20 heavy (non-hydrogen) atoms. The summed E-state index contributed by atoms with van der Waals surface area (Å²) in [7, 11) is 0. The van der Waals surface area contributed by atoms with Crippen LogP contribution >= 0.6 is 24.2 Å². The van der Waals surface area contributed by atoms with Crippen molar-refractivity contribution < 1.29 is 14.3 Å². The van der Waals surface area contributed by atoms with E-state index in [9.17, 15) is 9.59 Å². The lowest BCUT2D eigenvalue weighted by Gasteiger charge is -2.46. The first-order valence-electron chi connectivity index (χ1n) is 6.60. The summed E-state index contributed by atoms with van der Waals surface area (Å²) in [6.07, 6.45) is 0.601. The number of carbonyl (C=O) groups excluding carboxylic acids is 2. The summed E-state index contributed by atoms with van der Waals surface area (Å²) in [4.78, 5) is 25.3. The van der Waals surface area contributed by atoms with Crippen LogP contribution in [0, 0.1) is 0 Å². The number of hydrogen-bond donors (Lipinski definition) is 1. The van der Waals surface area contributed by atoms with Crippen molar-refractivity contribution in [2.24, 2.45) is 0 Å². The molecule has 1 atom stereocenters. The number of nitrogens with zero attached hydrogens (tertiary/aromatic N) is 1. The first kappa shape index (κ1) is 17.6. The number of hydrogen-bond acceptors (Lipinski definition) is 5. The first-order chi connectivity index (χ1) is 8.72. The van der Waals surface area contributed by atoms with Crippen LogP contribution in [0.5, 0.6) is 0 Å². The van der Waals surface area contributed by atoms with E-state index in [4.69, 9.17) is 4.74 Å². The highest BCUT2D eigenvalue weighted by molar-refractivity contribution is 8.14. The van der Waals surface area contributed by atoms with Crippen molar-refractivity contribution in [3.8, 4) is 0 Å². The summed E-state index contributed by atoms with van der Waals surface area (Å²) < 4.78 is 5.47. The van der Waals surface area contributed by atoms with Crippen molar-refractivity contribution in [3.63, 3.8) is 0 Å². The van der Waals surface area contributed by atoms with Gasteiger partial charge >= 0.3 is 6.09 Å². The van der Waals surface area contributed by atoms with Crippen LogP contribution in [-0.2, 0) is 9.53 Å². The summed E-state index contributed by atoms with van der Waals surface area (Å²) >= 11 is 1.34. The van der Waals surface area contributed by atoms with Gasteiger partial charge in [0, 0.05) is 31.8 Å². The van der Waals surface area contributed by atoms with Crippen LogP contribution in [0.1, 0.15) is 34.1 Å². The molecule has 0 bridgehead atoms. The highest BCUT2D eigenvalue weighted by Gasteiger charge is 2.53. The summed E-state index contributed by atoms with van der Waals surface area (Å²) in [6.45, 7) is 9.37. The van der Waals surface area contributed by atoms with Crippen molar-refractivity contribution in [3.05, 3.63) is 0 Å². The predicted octanol–water partition coefficient (Wildman–Crippen LogP) is 2.04. The topological polar surface area (TPSA) is 58.6 Å². The molecule has 0 saturated carbocycles. The van der Waals surface area contributed by atoms with E-state index in [-0.39, 0.29) is 34.4 Å². The van der Waals surface area contributed by atoms with Gasteiger partial charge in [-0.15, -0.1) is 12.4 Å². The van der Waals surface area contributed by atoms with E-state index in [1.165, 1.54) is 11.8 Å². The molecule has 2 aliphatic heterocycles. The standard InChI is InChI=1S/C13H22N2O3S.ClH/c1-9(16)19-10-5-13(7-14-8-13)15(6-10)11(17)18-12(2,3)4;/h10,14H,5-8H2,1-4H3;1H. The number of ether oxygens (including phenoxy) is 1. The number of rotatable bonds is 1. The van der Waals surface area contributed by atoms with Crippen LogP contribution in [0.15, 0.2) is 0 Å². The van der Waals surface area contributed by atoms with Crippen molar-refractivity contribution in [1.29, 1.82) is 0 Å². The molecule has 7 heteroatoms. The minimum atomic E-state index is -0.485. The van der Waals surface area contributed by atoms with E-state index in [0.717, 1.165) is 19.5 Å². The third-order valence-electron chi connectivity index (χ3n) is 3.42. The number of nitrogens with one attached hydrogen (secondary N) is 1. The zero-order valence-electron chi connectivity index (χ0n) is 12.4. The van der Waals surface area contributed by atoms with Crippen LogP contribution in [-0.4, -0.2) is 52.1 Å². The quantitative estimate of drug-likeness (QED) is 0.800. The molecule has 2 aliphatic rings. The van der Waals surface area contributed by atoms with Gasteiger partial charge in [0.15, 0.2) is 5.12 Å². The average molecular weight is 323 g/mol. The summed E-state index contributed by atoms with van der Waals surface area (Å²) in [5, 5.41) is 3.52. The molecule has 0 aromatic heterocycles. The van der Waals surface area contributed by atoms with E-state index in [1.807, 2.05) is 25.7 Å². The van der Waals surface area contributed by atoms with E-state index < -0.39 is 5.60 Å². The molecule has 0 radical (unpaired) electrons. The highest BCUT2D eigenvalue weighted by Crippen LogP contribution is 2.39.